The Morgan fingerprint density at radius 3 is 2.48 bits per heavy atom. The van der Waals surface area contributed by atoms with Crippen LogP contribution in [-0.2, 0) is 10.3 Å². The molecule has 132 valence electrons. The van der Waals surface area contributed by atoms with Gasteiger partial charge in [-0.15, -0.1) is 0 Å². The second kappa shape index (κ2) is 5.42. The monoisotopic (exact) mass is 354 g/mol. The zero-order valence-corrected chi connectivity index (χ0v) is 14.7. The molecule has 2 aromatic rings. The van der Waals surface area contributed by atoms with Gasteiger partial charge in [-0.25, -0.2) is 0 Å². The van der Waals surface area contributed by atoms with E-state index in [1.165, 1.54) is 0 Å². The number of carbonyl (C=O) groups excluding carboxylic acids is 1. The minimum absolute atomic E-state index is 0.128. The minimum Gasteiger partial charge on any atom is -0.324 e. The highest BCUT2D eigenvalue weighted by molar-refractivity contribution is 6.07. The van der Waals surface area contributed by atoms with Gasteiger partial charge in [0.1, 0.15) is 5.54 Å². The molecule has 1 amide bonds. The van der Waals surface area contributed by atoms with Crippen LogP contribution in [0.15, 0.2) is 54.6 Å². The van der Waals surface area contributed by atoms with Crippen molar-refractivity contribution in [1.29, 1.82) is 10.5 Å². The number of fused-ring (bicyclic) bond motifs is 4. The van der Waals surface area contributed by atoms with E-state index in [1.54, 1.807) is 0 Å². The third-order valence-corrected chi connectivity index (χ3v) is 6.54. The molecule has 0 saturated carbocycles. The predicted octanol–water partition coefficient (Wildman–Crippen LogP) is 3.13. The molecule has 0 radical (unpaired) electrons. The first-order chi connectivity index (χ1) is 13.2. The molecule has 0 aromatic heterocycles. The second-order valence-electron chi connectivity index (χ2n) is 7.55. The molecular weight excluding hydrogens is 336 g/mol. The van der Waals surface area contributed by atoms with E-state index in [9.17, 15) is 15.3 Å². The summed E-state index contributed by atoms with van der Waals surface area (Å²) >= 11 is 0. The van der Waals surface area contributed by atoms with E-state index in [2.05, 4.69) is 22.4 Å². The van der Waals surface area contributed by atoms with Crippen LogP contribution in [0.2, 0.25) is 0 Å². The van der Waals surface area contributed by atoms with Gasteiger partial charge in [0.05, 0.1) is 12.1 Å². The van der Waals surface area contributed by atoms with E-state index >= 15 is 0 Å². The van der Waals surface area contributed by atoms with Crippen LogP contribution in [0, 0.1) is 28.1 Å². The van der Waals surface area contributed by atoms with Crippen molar-refractivity contribution in [2.75, 3.05) is 11.9 Å². The van der Waals surface area contributed by atoms with E-state index in [0.717, 1.165) is 29.7 Å². The van der Waals surface area contributed by atoms with Gasteiger partial charge in [-0.1, -0.05) is 48.5 Å². The topological polar surface area (TPSA) is 79.9 Å². The largest absolute Gasteiger partial charge is 0.324 e. The number of hydrogen-bond donors (Lipinski definition) is 1. The molecule has 0 bridgehead atoms. The summed E-state index contributed by atoms with van der Waals surface area (Å²) in [6, 6.07) is 21.8. The average Bonchev–Trinajstić information content (AvgIpc) is 3.36. The molecule has 5 rings (SSSR count). The first-order valence-electron chi connectivity index (χ1n) is 9.25. The molecule has 1 N–H and O–H groups in total. The van der Waals surface area contributed by atoms with Crippen molar-refractivity contribution < 1.29 is 4.79 Å². The fourth-order valence-electron chi connectivity index (χ4n) is 5.64. The van der Waals surface area contributed by atoms with E-state index in [-0.39, 0.29) is 11.9 Å². The zero-order valence-electron chi connectivity index (χ0n) is 14.7. The number of para-hydroxylation sites is 1. The molecule has 5 heteroatoms. The molecule has 2 aromatic carbocycles. The lowest BCUT2D eigenvalue weighted by Gasteiger charge is -2.37. The summed E-state index contributed by atoms with van der Waals surface area (Å²) in [5.41, 5.74) is 0.225. The Hall–Kier alpha value is -3.15. The highest BCUT2D eigenvalue weighted by Crippen LogP contribution is 2.65. The first kappa shape index (κ1) is 16.1. The van der Waals surface area contributed by atoms with E-state index in [0.29, 0.717) is 6.54 Å². The maximum Gasteiger partial charge on any atom is 0.250 e. The Bertz CT molecular complexity index is 1000. The van der Waals surface area contributed by atoms with Crippen LogP contribution in [0.5, 0.6) is 0 Å². The van der Waals surface area contributed by atoms with E-state index < -0.39 is 16.9 Å². The zero-order chi connectivity index (χ0) is 18.6. The van der Waals surface area contributed by atoms with Crippen LogP contribution in [0.1, 0.15) is 29.9 Å². The number of nitrogens with one attached hydrogen (secondary N) is 1. The van der Waals surface area contributed by atoms with Crippen molar-refractivity contribution in [1.82, 2.24) is 4.90 Å². The van der Waals surface area contributed by atoms with Crippen molar-refractivity contribution >= 4 is 11.6 Å². The van der Waals surface area contributed by atoms with Gasteiger partial charge in [-0.05, 0) is 31.0 Å². The SMILES string of the molecule is N#CC1(C#N)C2CCCN2C2(C(=O)Nc3ccccc32)C1c1ccccc1. The standard InChI is InChI=1S/C22H18N4O/c23-13-21(14-24)18-11-6-12-26(18)22(19(21)15-7-2-1-3-8-15)16-9-4-5-10-17(16)25-20(22)27/h1-5,7-10,18-19H,6,11-12H2,(H,25,27). The Morgan fingerprint density at radius 2 is 1.74 bits per heavy atom. The maximum absolute atomic E-state index is 13.5. The van der Waals surface area contributed by atoms with Gasteiger partial charge in [0.25, 0.3) is 0 Å². The van der Waals surface area contributed by atoms with Gasteiger partial charge in [0, 0.05) is 23.2 Å². The summed E-state index contributed by atoms with van der Waals surface area (Å²) in [5, 5.41) is 23.5. The van der Waals surface area contributed by atoms with Gasteiger partial charge < -0.3 is 5.32 Å². The van der Waals surface area contributed by atoms with Crippen LogP contribution in [0.3, 0.4) is 0 Å². The lowest BCUT2D eigenvalue weighted by atomic mass is 9.63. The Labute approximate surface area is 157 Å². The van der Waals surface area contributed by atoms with Crippen molar-refractivity contribution in [3.8, 4) is 12.1 Å². The summed E-state index contributed by atoms with van der Waals surface area (Å²) in [7, 11) is 0. The second-order valence-corrected chi connectivity index (χ2v) is 7.55. The van der Waals surface area contributed by atoms with Crippen LogP contribution >= 0.6 is 0 Å². The van der Waals surface area contributed by atoms with Gasteiger partial charge in [-0.2, -0.15) is 10.5 Å². The Balaban J connectivity index is 1.88. The third kappa shape index (κ3) is 1.73. The number of anilines is 1. The van der Waals surface area contributed by atoms with Crippen LogP contribution < -0.4 is 5.32 Å². The first-order valence-corrected chi connectivity index (χ1v) is 9.25. The normalized spacial score (nSPS) is 30.4. The maximum atomic E-state index is 13.5. The molecule has 3 aliphatic heterocycles. The lowest BCUT2D eigenvalue weighted by molar-refractivity contribution is -0.127. The molecule has 3 aliphatic rings. The minimum atomic E-state index is -1.27. The number of carbonyl (C=O) groups is 1. The summed E-state index contributed by atoms with van der Waals surface area (Å²) in [4.78, 5) is 15.7. The van der Waals surface area contributed by atoms with Gasteiger partial charge in [0.15, 0.2) is 5.41 Å². The number of amides is 1. The third-order valence-electron chi connectivity index (χ3n) is 6.54. The van der Waals surface area contributed by atoms with Crippen molar-refractivity contribution in [2.45, 2.75) is 30.3 Å². The molecule has 2 fully saturated rings. The van der Waals surface area contributed by atoms with Crippen molar-refractivity contribution in [2.24, 2.45) is 5.41 Å². The molecular formula is C22H18N4O. The Morgan fingerprint density at radius 1 is 1.04 bits per heavy atom. The van der Waals surface area contributed by atoms with Gasteiger partial charge in [-0.3, -0.25) is 9.69 Å². The summed E-state index contributed by atoms with van der Waals surface area (Å²) in [6.07, 6.45) is 1.64. The molecule has 2 saturated heterocycles. The van der Waals surface area contributed by atoms with E-state index in [4.69, 9.17) is 0 Å². The summed E-state index contributed by atoms with van der Waals surface area (Å²) < 4.78 is 0. The van der Waals surface area contributed by atoms with Crippen LogP contribution in [-0.4, -0.2) is 23.4 Å². The number of nitrogens with zero attached hydrogens (tertiary/aromatic N) is 3. The molecule has 3 unspecified atom stereocenters. The van der Waals surface area contributed by atoms with Crippen molar-refractivity contribution in [3.05, 3.63) is 65.7 Å². The average molecular weight is 354 g/mol. The molecule has 27 heavy (non-hydrogen) atoms. The quantitative estimate of drug-likeness (QED) is 0.853. The fourth-order valence-corrected chi connectivity index (χ4v) is 5.64. The van der Waals surface area contributed by atoms with Gasteiger partial charge in [0.2, 0.25) is 5.91 Å². The highest BCUT2D eigenvalue weighted by Gasteiger charge is 2.74. The molecule has 3 atom stereocenters. The summed E-state index contributed by atoms with van der Waals surface area (Å²) in [6.45, 7) is 0.709. The fraction of sp³-hybridized carbons (Fsp3) is 0.318. The molecule has 5 nitrogen and oxygen atoms in total. The highest BCUT2D eigenvalue weighted by atomic mass is 16.2. The van der Waals surface area contributed by atoms with Crippen LogP contribution in [0.4, 0.5) is 5.69 Å². The van der Waals surface area contributed by atoms with Crippen molar-refractivity contribution in [3.63, 3.8) is 0 Å². The number of rotatable bonds is 1. The molecule has 0 aliphatic carbocycles. The number of benzene rings is 2. The number of hydrogen-bond acceptors (Lipinski definition) is 4. The number of nitriles is 2. The smallest absolute Gasteiger partial charge is 0.250 e. The molecule has 1 spiro atoms. The van der Waals surface area contributed by atoms with Gasteiger partial charge >= 0.3 is 0 Å². The predicted molar refractivity (Wildman–Crippen MR) is 99.3 cm³/mol. The van der Waals surface area contributed by atoms with Crippen LogP contribution in [0.25, 0.3) is 0 Å². The molecule has 3 heterocycles. The Kier molecular flexibility index (Phi) is 3.22. The van der Waals surface area contributed by atoms with E-state index in [1.807, 2.05) is 54.6 Å². The summed E-state index contributed by atoms with van der Waals surface area (Å²) in [5.74, 6) is -0.674. The lowest BCUT2D eigenvalue weighted by Crippen LogP contribution is -2.50.